The first-order chi connectivity index (χ1) is 13.0. The lowest BCUT2D eigenvalue weighted by Crippen LogP contribution is -2.29. The summed E-state index contributed by atoms with van der Waals surface area (Å²) in [5.41, 5.74) is 1.71. The third-order valence-corrected chi connectivity index (χ3v) is 5.87. The number of aliphatic hydroxyl groups excluding tert-OH is 1. The molecular weight excluding hydrogens is 345 g/mol. The molecule has 27 heavy (non-hydrogen) atoms. The van der Waals surface area contributed by atoms with E-state index in [1.54, 1.807) is 30.3 Å². The number of fused-ring (bicyclic) bond motifs is 1. The van der Waals surface area contributed by atoms with Gasteiger partial charge in [-0.15, -0.1) is 0 Å². The fourth-order valence-electron chi connectivity index (χ4n) is 4.51. The second-order valence-corrected chi connectivity index (χ2v) is 7.99. The van der Waals surface area contributed by atoms with E-state index in [2.05, 4.69) is 4.90 Å². The highest BCUT2D eigenvalue weighted by molar-refractivity contribution is 5.29. The Bertz CT molecular complexity index is 781. The zero-order valence-corrected chi connectivity index (χ0v) is 15.5. The summed E-state index contributed by atoms with van der Waals surface area (Å²) in [5, 5.41) is 19.8. The van der Waals surface area contributed by atoms with Crippen molar-refractivity contribution in [3.8, 4) is 11.5 Å². The number of β-amino-alcohol motifs (C(OH)–C–C–N with tert-alkyl or cyclic N) is 1. The minimum atomic E-state index is -0.557. The zero-order valence-electron chi connectivity index (χ0n) is 15.5. The normalized spacial score (nSPS) is 26.1. The number of likely N-dealkylation sites (tertiary alicyclic amines) is 1. The highest BCUT2D eigenvalue weighted by Gasteiger charge is 2.42. The minimum Gasteiger partial charge on any atom is -0.508 e. The molecule has 0 amide bonds. The lowest BCUT2D eigenvalue weighted by atomic mass is 10.0. The third-order valence-electron chi connectivity index (χ3n) is 5.87. The Morgan fingerprint density at radius 3 is 2.41 bits per heavy atom. The number of ether oxygens (including phenoxy) is 1. The number of benzene rings is 2. The number of nitrogens with zero attached hydrogens (tertiary/aromatic N) is 1. The van der Waals surface area contributed by atoms with Crippen molar-refractivity contribution in [2.75, 3.05) is 19.6 Å². The molecule has 2 N–H and O–H groups in total. The summed E-state index contributed by atoms with van der Waals surface area (Å²) < 4.78 is 19.9. The fraction of sp³-hybridized carbons (Fsp3) is 0.455. The van der Waals surface area contributed by atoms with Crippen molar-refractivity contribution in [3.05, 3.63) is 59.4 Å². The van der Waals surface area contributed by atoms with Crippen LogP contribution in [0.2, 0.25) is 0 Å². The predicted octanol–water partition coefficient (Wildman–Crippen LogP) is 3.66. The monoisotopic (exact) mass is 371 g/mol. The summed E-state index contributed by atoms with van der Waals surface area (Å²) in [6.07, 6.45) is 1.38. The van der Waals surface area contributed by atoms with Gasteiger partial charge in [0, 0.05) is 19.6 Å². The molecule has 1 aliphatic heterocycles. The van der Waals surface area contributed by atoms with Crippen LogP contribution in [0.15, 0.2) is 42.5 Å². The molecule has 2 unspecified atom stereocenters. The van der Waals surface area contributed by atoms with E-state index in [1.807, 2.05) is 13.0 Å². The molecule has 2 fully saturated rings. The first kappa shape index (κ1) is 18.3. The average molecular weight is 371 g/mol. The van der Waals surface area contributed by atoms with E-state index < -0.39 is 6.10 Å². The molecule has 1 heterocycles. The van der Waals surface area contributed by atoms with Crippen LogP contribution in [0.3, 0.4) is 0 Å². The predicted molar refractivity (Wildman–Crippen MR) is 101 cm³/mol. The van der Waals surface area contributed by atoms with Crippen molar-refractivity contribution in [1.29, 1.82) is 0 Å². The van der Waals surface area contributed by atoms with Crippen molar-refractivity contribution in [2.24, 2.45) is 11.8 Å². The number of phenolic OH excluding ortho intramolecular Hbond substituents is 1. The maximum atomic E-state index is 14.0. The zero-order chi connectivity index (χ0) is 19.0. The number of aliphatic hydroxyl groups is 1. The van der Waals surface area contributed by atoms with Gasteiger partial charge in [0.2, 0.25) is 0 Å². The number of halogens is 1. The molecule has 0 bridgehead atoms. The molecule has 4 nitrogen and oxygen atoms in total. The fourth-order valence-corrected chi connectivity index (χ4v) is 4.51. The molecule has 5 heteroatoms. The molecule has 144 valence electrons. The summed E-state index contributed by atoms with van der Waals surface area (Å²) in [6.45, 7) is 4.34. The molecular formula is C22H26FNO3. The van der Waals surface area contributed by atoms with Crippen molar-refractivity contribution < 1.29 is 19.3 Å². The van der Waals surface area contributed by atoms with E-state index in [1.165, 1.54) is 6.07 Å². The Balaban J connectivity index is 1.29. The van der Waals surface area contributed by atoms with Gasteiger partial charge in [-0.1, -0.05) is 18.2 Å². The summed E-state index contributed by atoms with van der Waals surface area (Å²) in [4.78, 5) is 2.30. The second-order valence-electron chi connectivity index (χ2n) is 7.99. The molecule has 0 spiro atoms. The van der Waals surface area contributed by atoms with E-state index >= 15 is 0 Å². The van der Waals surface area contributed by atoms with Crippen LogP contribution in [0.25, 0.3) is 0 Å². The van der Waals surface area contributed by atoms with E-state index in [0.717, 1.165) is 37.1 Å². The van der Waals surface area contributed by atoms with Gasteiger partial charge in [-0.05, 0) is 67.0 Å². The Kier molecular flexibility index (Phi) is 5.06. The van der Waals surface area contributed by atoms with Crippen molar-refractivity contribution >= 4 is 0 Å². The number of aryl methyl sites for hydroxylation is 1. The summed E-state index contributed by atoms with van der Waals surface area (Å²) >= 11 is 0. The van der Waals surface area contributed by atoms with Gasteiger partial charge in [-0.25, -0.2) is 4.39 Å². The molecule has 4 atom stereocenters. The lowest BCUT2D eigenvalue weighted by Gasteiger charge is -2.22. The number of phenols is 1. The van der Waals surface area contributed by atoms with Crippen LogP contribution < -0.4 is 4.74 Å². The van der Waals surface area contributed by atoms with Gasteiger partial charge in [0.05, 0.1) is 12.2 Å². The van der Waals surface area contributed by atoms with Gasteiger partial charge >= 0.3 is 0 Å². The van der Waals surface area contributed by atoms with E-state index in [4.69, 9.17) is 4.74 Å². The molecule has 0 aromatic heterocycles. The summed E-state index contributed by atoms with van der Waals surface area (Å²) in [5.74, 6) is 1.35. The molecule has 1 saturated carbocycles. The molecule has 0 radical (unpaired) electrons. The van der Waals surface area contributed by atoms with Crippen molar-refractivity contribution in [1.82, 2.24) is 4.90 Å². The van der Waals surface area contributed by atoms with Crippen LogP contribution in [0.4, 0.5) is 4.39 Å². The van der Waals surface area contributed by atoms with Gasteiger partial charge in [0.1, 0.15) is 5.75 Å². The van der Waals surface area contributed by atoms with Crippen LogP contribution in [-0.2, 0) is 0 Å². The SMILES string of the molecule is Cc1ccc(OC2C[C@@H]3CN(CC(O)c4ccc(O)cc4)C[C@@H]3C2)c(F)c1. The van der Waals surface area contributed by atoms with Crippen LogP contribution in [0.1, 0.15) is 30.1 Å². The van der Waals surface area contributed by atoms with Crippen LogP contribution in [0, 0.1) is 24.6 Å². The smallest absolute Gasteiger partial charge is 0.165 e. The Labute approximate surface area is 159 Å². The van der Waals surface area contributed by atoms with Crippen LogP contribution in [-0.4, -0.2) is 40.9 Å². The van der Waals surface area contributed by atoms with Gasteiger partial charge in [0.15, 0.2) is 11.6 Å². The highest BCUT2D eigenvalue weighted by atomic mass is 19.1. The Morgan fingerprint density at radius 2 is 1.78 bits per heavy atom. The lowest BCUT2D eigenvalue weighted by molar-refractivity contribution is 0.115. The molecule has 2 aromatic carbocycles. The van der Waals surface area contributed by atoms with Gasteiger partial charge < -0.3 is 14.9 Å². The quantitative estimate of drug-likeness (QED) is 0.842. The first-order valence-electron chi connectivity index (χ1n) is 9.60. The van der Waals surface area contributed by atoms with E-state index in [9.17, 15) is 14.6 Å². The maximum Gasteiger partial charge on any atom is 0.165 e. The number of hydrogen-bond donors (Lipinski definition) is 2. The standard InChI is InChI=1S/C22H26FNO3/c1-14-2-7-22(20(23)8-14)27-19-9-16-11-24(12-17(16)10-19)13-21(26)15-3-5-18(25)6-4-15/h2-8,16-17,19,21,25-26H,9-13H2,1H3/t16-,17+,19?,21?. The van der Waals surface area contributed by atoms with Crippen molar-refractivity contribution in [2.45, 2.75) is 32.0 Å². The molecule has 4 rings (SSSR count). The molecule has 2 aliphatic rings. The van der Waals surface area contributed by atoms with Crippen LogP contribution >= 0.6 is 0 Å². The van der Waals surface area contributed by atoms with Gasteiger partial charge in [-0.2, -0.15) is 0 Å². The topological polar surface area (TPSA) is 52.9 Å². The first-order valence-corrected chi connectivity index (χ1v) is 9.60. The largest absolute Gasteiger partial charge is 0.508 e. The maximum absolute atomic E-state index is 14.0. The molecule has 1 saturated heterocycles. The van der Waals surface area contributed by atoms with Gasteiger partial charge in [-0.3, -0.25) is 4.90 Å². The Morgan fingerprint density at radius 1 is 1.11 bits per heavy atom. The van der Waals surface area contributed by atoms with Crippen LogP contribution in [0.5, 0.6) is 11.5 Å². The average Bonchev–Trinajstić information content (AvgIpc) is 3.15. The number of aromatic hydroxyl groups is 1. The summed E-state index contributed by atoms with van der Waals surface area (Å²) in [7, 11) is 0. The Hall–Kier alpha value is -2.11. The number of rotatable bonds is 5. The second kappa shape index (κ2) is 7.49. The number of hydrogen-bond acceptors (Lipinski definition) is 4. The minimum absolute atomic E-state index is 0.0707. The molecule has 1 aliphatic carbocycles. The highest BCUT2D eigenvalue weighted by Crippen LogP contribution is 2.40. The molecule has 2 aromatic rings. The van der Waals surface area contributed by atoms with Crippen molar-refractivity contribution in [3.63, 3.8) is 0 Å². The van der Waals surface area contributed by atoms with E-state index in [-0.39, 0.29) is 17.7 Å². The third kappa shape index (κ3) is 4.09. The summed E-state index contributed by atoms with van der Waals surface area (Å²) in [6, 6.07) is 11.8. The van der Waals surface area contributed by atoms with E-state index in [0.29, 0.717) is 24.1 Å². The van der Waals surface area contributed by atoms with Gasteiger partial charge in [0.25, 0.3) is 0 Å².